The molecule has 0 aliphatic rings. The van der Waals surface area contributed by atoms with E-state index in [0.717, 1.165) is 0 Å². The molecule has 0 amide bonds. The van der Waals surface area contributed by atoms with Crippen LogP contribution in [0, 0.1) is 0 Å². The summed E-state index contributed by atoms with van der Waals surface area (Å²) in [5.74, 6) is 0. The van der Waals surface area contributed by atoms with Crippen LogP contribution in [0.5, 0.6) is 0 Å². The van der Waals surface area contributed by atoms with Gasteiger partial charge in [-0.15, -0.1) is 11.6 Å². The maximum Gasteiger partial charge on any atom is 0.251 e. The minimum absolute atomic E-state index is 0.204. The molecule has 3 nitrogen and oxygen atoms in total. The number of hydrogen-bond acceptors (Lipinski definition) is 3. The van der Waals surface area contributed by atoms with Crippen LogP contribution in [-0.4, -0.2) is 20.0 Å². The van der Waals surface area contributed by atoms with Crippen LogP contribution < -0.4 is 5.32 Å². The largest absolute Gasteiger partial charge is 0.261 e. The highest BCUT2D eigenvalue weighted by Gasteiger charge is 2.03. The Labute approximate surface area is 52.8 Å². The molecule has 6 heteroatoms. The zero-order valence-corrected chi connectivity index (χ0v) is 5.45. The summed E-state index contributed by atoms with van der Waals surface area (Å²) in [5, 5.41) is 1.85. The first-order valence-electron chi connectivity index (χ1n) is 1.75. The van der Waals surface area contributed by atoms with Gasteiger partial charge >= 0.3 is 0 Å². The molecule has 50 valence electrons. The summed E-state index contributed by atoms with van der Waals surface area (Å²) in [6.45, 7) is 0. The summed E-state index contributed by atoms with van der Waals surface area (Å²) in [7, 11) is -3.03. The van der Waals surface area contributed by atoms with Crippen LogP contribution in [0.4, 0.5) is 4.39 Å². The molecular weight excluding hydrogens is 157 g/mol. The van der Waals surface area contributed by atoms with Gasteiger partial charge in [-0.3, -0.25) is 5.32 Å². The minimum Gasteiger partial charge on any atom is -0.261 e. The van der Waals surface area contributed by atoms with Crippen molar-refractivity contribution in [2.45, 2.75) is 5.63 Å². The normalized spacial score (nSPS) is 14.4. The molecule has 0 heterocycles. The average molecular weight is 162 g/mol. The molecule has 8 heavy (non-hydrogen) atoms. The molecular formula is C2H5ClFNO2S. The van der Waals surface area contributed by atoms with Crippen molar-refractivity contribution >= 4 is 22.3 Å². The fraction of sp³-hybridized carbons (Fsp3) is 1.00. The minimum atomic E-state index is -3.03. The zero-order valence-electron chi connectivity index (χ0n) is 3.80. The second-order valence-corrected chi connectivity index (χ2v) is 2.25. The Balaban J connectivity index is 3.48. The summed E-state index contributed by atoms with van der Waals surface area (Å²) in [6.07, 6.45) is 0. The molecule has 0 aromatic heterocycles. The Hall–Kier alpha value is 0.130. The van der Waals surface area contributed by atoms with Gasteiger partial charge in [0.2, 0.25) is 0 Å². The Kier molecular flexibility index (Phi) is 4.12. The van der Waals surface area contributed by atoms with Crippen molar-refractivity contribution in [3.63, 3.8) is 0 Å². The molecule has 0 saturated carbocycles. The van der Waals surface area contributed by atoms with Gasteiger partial charge in [-0.1, -0.05) is 0 Å². The lowest BCUT2D eigenvalue weighted by molar-refractivity contribution is 0.382. The first-order valence-corrected chi connectivity index (χ1v) is 3.53. The molecule has 0 fully saturated rings. The van der Waals surface area contributed by atoms with Crippen LogP contribution in [0.25, 0.3) is 0 Å². The maximum absolute atomic E-state index is 11.7. The van der Waals surface area contributed by atoms with E-state index in [1.165, 1.54) is 0 Å². The van der Waals surface area contributed by atoms with Crippen LogP contribution in [-0.2, 0) is 10.7 Å². The number of alkyl halides is 2. The van der Waals surface area contributed by atoms with E-state index < -0.39 is 16.3 Å². The molecule has 0 aromatic rings. The summed E-state index contributed by atoms with van der Waals surface area (Å²) < 4.78 is 31.0. The van der Waals surface area contributed by atoms with Crippen molar-refractivity contribution in [2.75, 3.05) is 6.00 Å². The molecule has 1 N–H and O–H groups in total. The SMILES string of the molecule is O=[SH](=O)C(F)NCCl. The van der Waals surface area contributed by atoms with Crippen molar-refractivity contribution in [2.24, 2.45) is 0 Å². The molecule has 0 radical (unpaired) electrons. The van der Waals surface area contributed by atoms with Crippen molar-refractivity contribution in [3.05, 3.63) is 0 Å². The van der Waals surface area contributed by atoms with Gasteiger partial charge in [0.15, 0.2) is 10.7 Å². The molecule has 0 saturated heterocycles. The highest BCUT2D eigenvalue weighted by molar-refractivity contribution is 7.72. The Morgan fingerprint density at radius 3 is 2.38 bits per heavy atom. The standard InChI is InChI=1S/C2H5ClFNO2S/c3-1-5-2(4)8(6)7/h2,5,8H,1H2. The van der Waals surface area contributed by atoms with E-state index in [9.17, 15) is 12.8 Å². The third kappa shape index (κ3) is 3.17. The molecule has 0 aliphatic heterocycles. The van der Waals surface area contributed by atoms with E-state index in [4.69, 9.17) is 11.6 Å². The number of hydrogen-bond donors (Lipinski definition) is 2. The second-order valence-electron chi connectivity index (χ2n) is 0.959. The summed E-state index contributed by atoms with van der Waals surface area (Å²) in [5.41, 5.74) is -2.01. The number of halogens is 2. The van der Waals surface area contributed by atoms with Gasteiger partial charge in [0.1, 0.15) is 0 Å². The van der Waals surface area contributed by atoms with Gasteiger partial charge in [-0.05, 0) is 0 Å². The predicted molar refractivity (Wildman–Crippen MR) is 29.1 cm³/mol. The van der Waals surface area contributed by atoms with E-state index in [-0.39, 0.29) is 6.00 Å². The van der Waals surface area contributed by atoms with Crippen LogP contribution in [0.3, 0.4) is 0 Å². The quantitative estimate of drug-likeness (QED) is 0.338. The van der Waals surface area contributed by atoms with Crippen LogP contribution in [0.15, 0.2) is 0 Å². The van der Waals surface area contributed by atoms with Crippen molar-refractivity contribution in [3.8, 4) is 0 Å². The van der Waals surface area contributed by atoms with E-state index >= 15 is 0 Å². The molecule has 0 aliphatic carbocycles. The third-order valence-corrected chi connectivity index (χ3v) is 1.14. The van der Waals surface area contributed by atoms with Gasteiger partial charge in [0.05, 0.1) is 6.00 Å². The third-order valence-electron chi connectivity index (χ3n) is 0.431. The zero-order chi connectivity index (χ0) is 6.57. The first-order chi connectivity index (χ1) is 3.68. The van der Waals surface area contributed by atoms with Gasteiger partial charge < -0.3 is 0 Å². The topological polar surface area (TPSA) is 46.2 Å². The first kappa shape index (κ1) is 8.13. The molecule has 0 rings (SSSR count). The smallest absolute Gasteiger partial charge is 0.251 e. The molecule has 0 spiro atoms. The summed E-state index contributed by atoms with van der Waals surface area (Å²) >= 11 is 4.92. The molecule has 1 atom stereocenters. The van der Waals surface area contributed by atoms with Crippen molar-refractivity contribution < 1.29 is 12.8 Å². The predicted octanol–water partition coefficient (Wildman–Crippen LogP) is -0.363. The van der Waals surface area contributed by atoms with Crippen LogP contribution in [0.1, 0.15) is 0 Å². The van der Waals surface area contributed by atoms with E-state index in [1.807, 2.05) is 5.32 Å². The monoisotopic (exact) mass is 161 g/mol. The lowest BCUT2D eigenvalue weighted by atomic mass is 11.2. The Bertz CT molecular complexity index is 119. The van der Waals surface area contributed by atoms with Crippen LogP contribution in [0.2, 0.25) is 0 Å². The van der Waals surface area contributed by atoms with Gasteiger partial charge in [-0.25, -0.2) is 12.8 Å². The van der Waals surface area contributed by atoms with Gasteiger partial charge in [0.25, 0.3) is 5.63 Å². The van der Waals surface area contributed by atoms with Crippen molar-refractivity contribution in [1.82, 2.24) is 5.32 Å². The van der Waals surface area contributed by atoms with E-state index in [0.29, 0.717) is 0 Å². The fourth-order valence-corrected chi connectivity index (χ4v) is 0.622. The Morgan fingerprint density at radius 1 is 1.75 bits per heavy atom. The Morgan fingerprint density at radius 2 is 2.25 bits per heavy atom. The number of rotatable bonds is 3. The fourth-order valence-electron chi connectivity index (χ4n) is 0.138. The number of thiol groups is 1. The van der Waals surface area contributed by atoms with Gasteiger partial charge in [-0.2, -0.15) is 0 Å². The maximum atomic E-state index is 11.7. The summed E-state index contributed by atoms with van der Waals surface area (Å²) in [4.78, 5) is 0. The molecule has 0 bridgehead atoms. The second kappa shape index (κ2) is 4.05. The lowest BCUT2D eigenvalue weighted by Crippen LogP contribution is -2.24. The molecule has 1 unspecified atom stereocenters. The molecule has 0 aromatic carbocycles. The van der Waals surface area contributed by atoms with Gasteiger partial charge in [0, 0.05) is 0 Å². The number of nitrogens with one attached hydrogen (secondary N) is 1. The highest BCUT2D eigenvalue weighted by Crippen LogP contribution is 1.83. The van der Waals surface area contributed by atoms with E-state index in [1.54, 1.807) is 0 Å². The highest BCUT2D eigenvalue weighted by atomic mass is 35.5. The summed E-state index contributed by atoms with van der Waals surface area (Å²) in [6, 6.07) is -0.204. The lowest BCUT2D eigenvalue weighted by Gasteiger charge is -1.95. The average Bonchev–Trinajstić information content (AvgIpc) is 1.67. The van der Waals surface area contributed by atoms with E-state index in [2.05, 4.69) is 0 Å². The van der Waals surface area contributed by atoms with Crippen molar-refractivity contribution in [1.29, 1.82) is 0 Å². The van der Waals surface area contributed by atoms with Crippen LogP contribution >= 0.6 is 11.6 Å².